The van der Waals surface area contributed by atoms with Crippen molar-refractivity contribution in [3.05, 3.63) is 66.2 Å². The number of para-hydroxylation sites is 1. The maximum atomic E-state index is 11.7. The van der Waals surface area contributed by atoms with Gasteiger partial charge < -0.3 is 4.74 Å². The number of hydrogen-bond donors (Lipinski definition) is 1. The zero-order valence-corrected chi connectivity index (χ0v) is 11.3. The summed E-state index contributed by atoms with van der Waals surface area (Å²) in [7, 11) is -4.19. The van der Waals surface area contributed by atoms with Gasteiger partial charge in [0.2, 0.25) is 0 Å². The predicted octanol–water partition coefficient (Wildman–Crippen LogP) is 2.77. The first-order valence-electron chi connectivity index (χ1n) is 5.86. The maximum Gasteiger partial charge on any atom is 0.445 e. The molecule has 0 atom stereocenters. The number of ether oxygens (including phenoxy) is 1. The largest absolute Gasteiger partial charge is 0.448 e. The molecule has 0 radical (unpaired) electrons. The maximum absolute atomic E-state index is 11.7. The predicted molar refractivity (Wildman–Crippen MR) is 75.6 cm³/mol. The van der Waals surface area contributed by atoms with Gasteiger partial charge in [-0.15, -0.1) is 0 Å². The summed E-state index contributed by atoms with van der Waals surface area (Å²) in [5.41, 5.74) is 1.03. The third-order valence-electron chi connectivity index (χ3n) is 2.44. The van der Waals surface area contributed by atoms with Gasteiger partial charge in [-0.2, -0.15) is 8.42 Å². The standard InChI is InChI=1S/C14H13NO4S/c16-14(19-11-12-7-3-1-4-8-12)20(17,18)15-13-9-5-2-6-10-13/h1-10,15H,11H2. The third kappa shape index (κ3) is 3.83. The highest BCUT2D eigenvalue weighted by Crippen LogP contribution is 2.10. The summed E-state index contributed by atoms with van der Waals surface area (Å²) in [6, 6.07) is 17.0. The van der Waals surface area contributed by atoms with Gasteiger partial charge in [0.1, 0.15) is 6.61 Å². The van der Waals surface area contributed by atoms with E-state index in [4.69, 9.17) is 4.74 Å². The van der Waals surface area contributed by atoms with E-state index < -0.39 is 15.3 Å². The molecule has 5 nitrogen and oxygen atoms in total. The minimum Gasteiger partial charge on any atom is -0.448 e. The Balaban J connectivity index is 1.97. The second-order valence-corrected chi connectivity index (χ2v) is 5.54. The average molecular weight is 291 g/mol. The molecule has 0 saturated carbocycles. The smallest absolute Gasteiger partial charge is 0.445 e. The van der Waals surface area contributed by atoms with E-state index in [9.17, 15) is 13.2 Å². The summed E-state index contributed by atoms with van der Waals surface area (Å²) in [4.78, 5) is 11.6. The monoisotopic (exact) mass is 291 g/mol. The third-order valence-corrected chi connectivity index (χ3v) is 3.51. The van der Waals surface area contributed by atoms with Gasteiger partial charge in [0.05, 0.1) is 0 Å². The molecule has 0 spiro atoms. The minimum absolute atomic E-state index is 0.0879. The molecule has 0 aliphatic carbocycles. The lowest BCUT2D eigenvalue weighted by Gasteiger charge is -2.07. The summed E-state index contributed by atoms with van der Waals surface area (Å²) in [5, 5.41) is -1.30. The highest BCUT2D eigenvalue weighted by atomic mass is 32.2. The molecule has 1 N–H and O–H groups in total. The van der Waals surface area contributed by atoms with Crippen LogP contribution in [-0.2, 0) is 21.4 Å². The Kier molecular flexibility index (Phi) is 4.37. The molecule has 2 aromatic carbocycles. The Bertz CT molecular complexity index is 669. The highest BCUT2D eigenvalue weighted by Gasteiger charge is 2.23. The normalized spacial score (nSPS) is 10.8. The summed E-state index contributed by atoms with van der Waals surface area (Å²) >= 11 is 0. The van der Waals surface area contributed by atoms with E-state index in [1.54, 1.807) is 54.6 Å². The molecule has 0 aliphatic rings. The van der Waals surface area contributed by atoms with Crippen molar-refractivity contribution in [3.63, 3.8) is 0 Å². The average Bonchev–Trinajstić information content (AvgIpc) is 2.46. The van der Waals surface area contributed by atoms with Crippen LogP contribution in [0.5, 0.6) is 0 Å². The van der Waals surface area contributed by atoms with Crippen LogP contribution in [0.3, 0.4) is 0 Å². The molecule has 0 unspecified atom stereocenters. The molecule has 6 heteroatoms. The van der Waals surface area contributed by atoms with Crippen LogP contribution in [0, 0.1) is 0 Å². The molecular weight excluding hydrogens is 278 g/mol. The summed E-state index contributed by atoms with van der Waals surface area (Å²) in [5.74, 6) is 0. The Morgan fingerprint density at radius 2 is 1.50 bits per heavy atom. The Morgan fingerprint density at radius 3 is 2.10 bits per heavy atom. The fraction of sp³-hybridized carbons (Fsp3) is 0.0714. The first-order chi connectivity index (χ1) is 9.58. The zero-order valence-electron chi connectivity index (χ0n) is 10.5. The van der Waals surface area contributed by atoms with Gasteiger partial charge in [0.25, 0.3) is 0 Å². The Labute approximate surface area is 117 Å². The lowest BCUT2D eigenvalue weighted by molar-refractivity contribution is 0.166. The van der Waals surface area contributed by atoms with Crippen LogP contribution in [-0.4, -0.2) is 13.7 Å². The van der Waals surface area contributed by atoms with Crippen molar-refractivity contribution in [1.82, 2.24) is 0 Å². The molecule has 2 rings (SSSR count). The number of sulfonamides is 1. The van der Waals surface area contributed by atoms with E-state index in [1.165, 1.54) is 0 Å². The SMILES string of the molecule is O=C(OCc1ccccc1)S(=O)(=O)Nc1ccccc1. The van der Waals surface area contributed by atoms with Crippen molar-refractivity contribution >= 4 is 21.0 Å². The van der Waals surface area contributed by atoms with Gasteiger partial charge in [-0.1, -0.05) is 48.5 Å². The van der Waals surface area contributed by atoms with E-state index in [0.29, 0.717) is 5.69 Å². The van der Waals surface area contributed by atoms with Crippen molar-refractivity contribution < 1.29 is 17.9 Å². The van der Waals surface area contributed by atoms with Crippen LogP contribution in [0.2, 0.25) is 0 Å². The molecule has 104 valence electrons. The number of benzene rings is 2. The quantitative estimate of drug-likeness (QED) is 0.879. The van der Waals surface area contributed by atoms with E-state index in [1.807, 2.05) is 6.07 Å². The van der Waals surface area contributed by atoms with Gasteiger partial charge in [-0.3, -0.25) is 4.72 Å². The first-order valence-corrected chi connectivity index (χ1v) is 7.35. The first kappa shape index (κ1) is 14.1. The number of carbonyl (C=O) groups is 1. The van der Waals surface area contributed by atoms with Crippen LogP contribution in [0.15, 0.2) is 60.7 Å². The Hall–Kier alpha value is -2.34. The van der Waals surface area contributed by atoms with Crippen molar-refractivity contribution in [2.24, 2.45) is 0 Å². The topological polar surface area (TPSA) is 72.5 Å². The fourth-order valence-corrected chi connectivity index (χ4v) is 2.24. The molecule has 0 bridgehead atoms. The van der Waals surface area contributed by atoms with Crippen LogP contribution in [0.4, 0.5) is 10.5 Å². The van der Waals surface area contributed by atoms with E-state index >= 15 is 0 Å². The van der Waals surface area contributed by atoms with Crippen LogP contribution >= 0.6 is 0 Å². The minimum atomic E-state index is -4.19. The van der Waals surface area contributed by atoms with Crippen LogP contribution in [0.1, 0.15) is 5.56 Å². The molecule has 0 amide bonds. The van der Waals surface area contributed by atoms with Crippen molar-refractivity contribution in [1.29, 1.82) is 0 Å². The Morgan fingerprint density at radius 1 is 0.950 bits per heavy atom. The second-order valence-electron chi connectivity index (χ2n) is 4.00. The molecule has 20 heavy (non-hydrogen) atoms. The van der Waals surface area contributed by atoms with Gasteiger partial charge >= 0.3 is 15.3 Å². The number of carbonyl (C=O) groups excluding carboxylic acids is 1. The zero-order chi connectivity index (χ0) is 14.4. The summed E-state index contributed by atoms with van der Waals surface area (Å²) in [6.45, 7) is -0.0879. The van der Waals surface area contributed by atoms with E-state index in [0.717, 1.165) is 5.56 Å². The summed E-state index contributed by atoms with van der Waals surface area (Å²) < 4.78 is 30.4. The van der Waals surface area contributed by atoms with Crippen molar-refractivity contribution in [2.75, 3.05) is 4.72 Å². The molecule has 0 heterocycles. The molecule has 0 fully saturated rings. The van der Waals surface area contributed by atoms with E-state index in [2.05, 4.69) is 4.72 Å². The summed E-state index contributed by atoms with van der Waals surface area (Å²) in [6.07, 6.45) is 0. The molecular formula is C14H13NO4S. The second kappa shape index (κ2) is 6.21. The van der Waals surface area contributed by atoms with Crippen LogP contribution < -0.4 is 4.72 Å². The molecule has 0 saturated heterocycles. The van der Waals surface area contributed by atoms with Crippen molar-refractivity contribution in [3.8, 4) is 0 Å². The van der Waals surface area contributed by atoms with E-state index in [-0.39, 0.29) is 6.61 Å². The van der Waals surface area contributed by atoms with Gasteiger partial charge in [-0.05, 0) is 17.7 Å². The molecule has 0 aliphatic heterocycles. The number of anilines is 1. The van der Waals surface area contributed by atoms with Crippen LogP contribution in [0.25, 0.3) is 0 Å². The number of nitrogens with one attached hydrogen (secondary N) is 1. The van der Waals surface area contributed by atoms with Crippen molar-refractivity contribution in [2.45, 2.75) is 6.61 Å². The van der Waals surface area contributed by atoms with Gasteiger partial charge in [0.15, 0.2) is 0 Å². The number of hydrogen-bond acceptors (Lipinski definition) is 4. The lowest BCUT2D eigenvalue weighted by Crippen LogP contribution is -2.23. The van der Waals surface area contributed by atoms with Gasteiger partial charge in [-0.25, -0.2) is 4.79 Å². The molecule has 2 aromatic rings. The van der Waals surface area contributed by atoms with Gasteiger partial charge in [0, 0.05) is 5.69 Å². The highest BCUT2D eigenvalue weighted by molar-refractivity contribution is 8.06. The fourth-order valence-electron chi connectivity index (χ4n) is 1.50. The molecule has 0 aromatic heterocycles. The number of rotatable bonds is 4. The lowest BCUT2D eigenvalue weighted by atomic mass is 10.2.